The zero-order valence-corrected chi connectivity index (χ0v) is 10.0. The van der Waals surface area contributed by atoms with E-state index in [4.69, 9.17) is 0 Å². The van der Waals surface area contributed by atoms with Gasteiger partial charge in [-0.25, -0.2) is 0 Å². The lowest BCUT2D eigenvalue weighted by molar-refractivity contribution is -0.0479. The van der Waals surface area contributed by atoms with Crippen molar-refractivity contribution in [2.45, 2.75) is 12.1 Å². The molecule has 0 radical (unpaired) electrons. The molecule has 18 heavy (non-hydrogen) atoms. The van der Waals surface area contributed by atoms with Gasteiger partial charge in [0.15, 0.2) is 0 Å². The van der Waals surface area contributed by atoms with Gasteiger partial charge < -0.3 is 0 Å². The van der Waals surface area contributed by atoms with Crippen molar-refractivity contribution in [3.8, 4) is 0 Å². The molecule has 0 aliphatic heterocycles. The summed E-state index contributed by atoms with van der Waals surface area (Å²) >= 11 is 0. The Bertz CT molecular complexity index is 545. The number of nitrogens with zero attached hydrogens (tertiary/aromatic N) is 1. The van der Waals surface area contributed by atoms with Gasteiger partial charge in [-0.1, -0.05) is 36.9 Å². The standard InChI is InChI=1S/C11H10F3NO2S/c1-2-8-15(18(16,17)11(12,13)14)9-10-6-4-3-5-7-10/h3-8H,1,9H2. The smallest absolute Gasteiger partial charge is 0.258 e. The SMILES string of the molecule is C=C=CN(Cc1ccccc1)S(=O)(=O)C(F)(F)F. The summed E-state index contributed by atoms with van der Waals surface area (Å²) < 4.78 is 59.9. The summed E-state index contributed by atoms with van der Waals surface area (Å²) in [6.07, 6.45) is 0.663. The molecule has 98 valence electrons. The molecular formula is C11H10F3NO2S. The predicted molar refractivity (Wildman–Crippen MR) is 60.7 cm³/mol. The van der Waals surface area contributed by atoms with Crippen LogP contribution in [0.4, 0.5) is 13.2 Å². The Morgan fingerprint density at radius 3 is 2.28 bits per heavy atom. The van der Waals surface area contributed by atoms with Crippen molar-refractivity contribution in [3.63, 3.8) is 0 Å². The maximum absolute atomic E-state index is 12.4. The Morgan fingerprint density at radius 2 is 1.83 bits per heavy atom. The minimum absolute atomic E-state index is 0.162. The van der Waals surface area contributed by atoms with Gasteiger partial charge in [0.05, 0.1) is 12.7 Å². The lowest BCUT2D eigenvalue weighted by atomic mass is 10.2. The fourth-order valence-electron chi connectivity index (χ4n) is 1.20. The van der Waals surface area contributed by atoms with Crippen LogP contribution in [0.15, 0.2) is 48.8 Å². The first kappa shape index (κ1) is 14.3. The van der Waals surface area contributed by atoms with Crippen LogP contribution >= 0.6 is 0 Å². The topological polar surface area (TPSA) is 37.4 Å². The van der Waals surface area contributed by atoms with Crippen LogP contribution in [-0.2, 0) is 16.6 Å². The maximum atomic E-state index is 12.4. The molecule has 0 saturated carbocycles. The molecule has 0 N–H and O–H groups in total. The lowest BCUT2D eigenvalue weighted by Gasteiger charge is -2.20. The highest BCUT2D eigenvalue weighted by atomic mass is 32.2. The fourth-order valence-corrected chi connectivity index (χ4v) is 2.00. The van der Waals surface area contributed by atoms with E-state index in [9.17, 15) is 21.6 Å². The Balaban J connectivity index is 3.10. The van der Waals surface area contributed by atoms with Crippen LogP contribution in [0.25, 0.3) is 0 Å². The number of halogens is 3. The Morgan fingerprint density at radius 1 is 1.28 bits per heavy atom. The summed E-state index contributed by atoms with van der Waals surface area (Å²) in [5, 5.41) is 0. The van der Waals surface area contributed by atoms with Crippen LogP contribution in [0.5, 0.6) is 0 Å². The summed E-state index contributed by atoms with van der Waals surface area (Å²) in [5.41, 5.74) is -2.89. The van der Waals surface area contributed by atoms with E-state index in [2.05, 4.69) is 6.58 Å². The second kappa shape index (κ2) is 5.29. The molecule has 0 aliphatic carbocycles. The summed E-state index contributed by atoms with van der Waals surface area (Å²) in [5.74, 6) is 0. The van der Waals surface area contributed by atoms with Gasteiger partial charge in [0.1, 0.15) is 0 Å². The summed E-state index contributed by atoms with van der Waals surface area (Å²) in [7, 11) is -5.42. The van der Waals surface area contributed by atoms with Crippen molar-refractivity contribution in [1.82, 2.24) is 4.31 Å². The number of sulfonamides is 1. The molecule has 0 fully saturated rings. The second-order valence-corrected chi connectivity index (χ2v) is 5.20. The largest absolute Gasteiger partial charge is 0.516 e. The summed E-state index contributed by atoms with van der Waals surface area (Å²) in [6, 6.07) is 7.93. The quantitative estimate of drug-likeness (QED) is 0.793. The third kappa shape index (κ3) is 3.15. The molecule has 7 heteroatoms. The normalized spacial score (nSPS) is 11.7. The van der Waals surface area contributed by atoms with Crippen molar-refractivity contribution in [2.24, 2.45) is 0 Å². The molecule has 0 aromatic heterocycles. The van der Waals surface area contributed by atoms with Gasteiger partial charge in [0.25, 0.3) is 0 Å². The molecule has 0 spiro atoms. The third-order valence-corrected chi connectivity index (χ3v) is 3.45. The molecule has 0 amide bonds. The van der Waals surface area contributed by atoms with Crippen LogP contribution in [0.1, 0.15) is 5.56 Å². The van der Waals surface area contributed by atoms with Crippen LogP contribution < -0.4 is 0 Å². The first-order valence-corrected chi connectivity index (χ1v) is 6.21. The van der Waals surface area contributed by atoms with E-state index in [0.29, 0.717) is 11.8 Å². The van der Waals surface area contributed by atoms with Gasteiger partial charge in [-0.15, -0.1) is 5.73 Å². The van der Waals surface area contributed by atoms with Crippen molar-refractivity contribution < 1.29 is 21.6 Å². The van der Waals surface area contributed by atoms with Gasteiger partial charge in [-0.05, 0) is 5.56 Å². The van der Waals surface area contributed by atoms with Crippen LogP contribution in [0.2, 0.25) is 0 Å². The van der Waals surface area contributed by atoms with E-state index in [1.54, 1.807) is 18.2 Å². The Kier molecular flexibility index (Phi) is 4.21. The molecule has 0 heterocycles. The van der Waals surface area contributed by atoms with E-state index in [1.165, 1.54) is 12.1 Å². The van der Waals surface area contributed by atoms with Crippen molar-refractivity contribution in [2.75, 3.05) is 0 Å². The van der Waals surface area contributed by atoms with Crippen molar-refractivity contribution in [3.05, 3.63) is 54.4 Å². The van der Waals surface area contributed by atoms with E-state index < -0.39 is 22.1 Å². The third-order valence-electron chi connectivity index (χ3n) is 2.02. The number of hydrogen-bond acceptors (Lipinski definition) is 2. The Hall–Kier alpha value is -1.72. The molecule has 3 nitrogen and oxygen atoms in total. The summed E-state index contributed by atoms with van der Waals surface area (Å²) in [4.78, 5) is 0. The van der Waals surface area contributed by atoms with Gasteiger partial charge in [0, 0.05) is 0 Å². The van der Waals surface area contributed by atoms with E-state index in [0.717, 1.165) is 0 Å². The molecule has 0 aliphatic rings. The van der Waals surface area contributed by atoms with Gasteiger partial charge in [-0.3, -0.25) is 4.31 Å². The van der Waals surface area contributed by atoms with E-state index >= 15 is 0 Å². The van der Waals surface area contributed by atoms with Crippen molar-refractivity contribution >= 4 is 10.0 Å². The molecule has 0 saturated heterocycles. The zero-order chi connectivity index (χ0) is 13.8. The monoisotopic (exact) mass is 277 g/mol. The first-order chi connectivity index (χ1) is 8.29. The van der Waals surface area contributed by atoms with Crippen LogP contribution in [-0.4, -0.2) is 18.2 Å². The van der Waals surface area contributed by atoms with Gasteiger partial charge in [0.2, 0.25) is 0 Å². The molecule has 0 atom stereocenters. The van der Waals surface area contributed by atoms with Gasteiger partial charge in [-0.2, -0.15) is 21.6 Å². The summed E-state index contributed by atoms with van der Waals surface area (Å²) in [6.45, 7) is 2.66. The van der Waals surface area contributed by atoms with E-state index in [1.807, 2.05) is 5.73 Å². The number of alkyl halides is 3. The van der Waals surface area contributed by atoms with Crippen molar-refractivity contribution in [1.29, 1.82) is 0 Å². The lowest BCUT2D eigenvalue weighted by Crippen LogP contribution is -2.36. The molecule has 1 aromatic rings. The van der Waals surface area contributed by atoms with Crippen LogP contribution in [0, 0.1) is 0 Å². The molecule has 1 aromatic carbocycles. The molecular weight excluding hydrogens is 267 g/mol. The highest BCUT2D eigenvalue weighted by Gasteiger charge is 2.49. The van der Waals surface area contributed by atoms with Gasteiger partial charge >= 0.3 is 15.5 Å². The first-order valence-electron chi connectivity index (χ1n) is 4.77. The number of benzene rings is 1. The highest BCUT2D eigenvalue weighted by molar-refractivity contribution is 7.90. The second-order valence-electron chi connectivity index (χ2n) is 3.31. The fraction of sp³-hybridized carbons (Fsp3) is 0.182. The maximum Gasteiger partial charge on any atom is 0.516 e. The number of rotatable bonds is 4. The molecule has 1 rings (SSSR count). The Labute approximate surface area is 103 Å². The molecule has 0 bridgehead atoms. The van der Waals surface area contributed by atoms with E-state index in [-0.39, 0.29) is 4.31 Å². The minimum atomic E-state index is -5.42. The minimum Gasteiger partial charge on any atom is -0.258 e. The molecule has 0 unspecified atom stereocenters. The average molecular weight is 277 g/mol. The average Bonchev–Trinajstić information content (AvgIpc) is 2.28. The van der Waals surface area contributed by atoms with Crippen LogP contribution in [0.3, 0.4) is 0 Å². The number of hydrogen-bond donors (Lipinski definition) is 0. The predicted octanol–water partition coefficient (Wildman–Crippen LogP) is 2.64. The zero-order valence-electron chi connectivity index (χ0n) is 9.18. The highest BCUT2D eigenvalue weighted by Crippen LogP contribution is 2.28.